The molecule has 0 aromatic carbocycles. The Kier molecular flexibility index (Phi) is 8.67. The summed E-state index contributed by atoms with van der Waals surface area (Å²) in [4.78, 5) is 10.2. The van der Waals surface area contributed by atoms with Crippen molar-refractivity contribution in [2.45, 2.75) is 58.9 Å². The van der Waals surface area contributed by atoms with Gasteiger partial charge >= 0.3 is 0 Å². The van der Waals surface area contributed by atoms with Crippen LogP contribution >= 0.6 is 35.3 Å². The Morgan fingerprint density at radius 3 is 2.50 bits per heavy atom. The van der Waals surface area contributed by atoms with E-state index < -0.39 is 0 Å². The van der Waals surface area contributed by atoms with Gasteiger partial charge in [0.25, 0.3) is 0 Å². The van der Waals surface area contributed by atoms with Gasteiger partial charge in [0, 0.05) is 30.9 Å². The monoisotopic (exact) mass is 436 g/mol. The summed E-state index contributed by atoms with van der Waals surface area (Å²) in [6, 6.07) is 0.583. The molecule has 1 aliphatic rings. The fraction of sp³-hybridized carbons (Fsp3) is 0.750. The number of hydrogen-bond donors (Lipinski definition) is 2. The summed E-state index contributed by atoms with van der Waals surface area (Å²) in [5.74, 6) is 1.82. The van der Waals surface area contributed by atoms with E-state index in [9.17, 15) is 0 Å². The highest BCUT2D eigenvalue weighted by Gasteiger charge is 2.18. The highest BCUT2D eigenvalue weighted by molar-refractivity contribution is 14.0. The first kappa shape index (κ1) is 19.7. The molecule has 4 nitrogen and oxygen atoms in total. The van der Waals surface area contributed by atoms with E-state index in [1.165, 1.54) is 36.3 Å². The number of nitrogens with zero attached hydrogens (tertiary/aromatic N) is 2. The summed E-state index contributed by atoms with van der Waals surface area (Å²) in [6.45, 7) is 7.42. The smallest absolute Gasteiger partial charge is 0.191 e. The average molecular weight is 436 g/mol. The van der Waals surface area contributed by atoms with Gasteiger partial charge in [-0.05, 0) is 45.4 Å². The van der Waals surface area contributed by atoms with Crippen LogP contribution in [0.15, 0.2) is 4.99 Å². The number of aromatic nitrogens is 1. The maximum Gasteiger partial charge on any atom is 0.191 e. The Labute approximate surface area is 155 Å². The number of hydrogen-bond acceptors (Lipinski definition) is 3. The summed E-state index contributed by atoms with van der Waals surface area (Å²) in [5.41, 5.74) is 1.17. The van der Waals surface area contributed by atoms with Crippen molar-refractivity contribution in [2.24, 2.45) is 10.9 Å². The van der Waals surface area contributed by atoms with Crippen LogP contribution in [0.2, 0.25) is 0 Å². The van der Waals surface area contributed by atoms with Crippen molar-refractivity contribution in [1.29, 1.82) is 0 Å². The van der Waals surface area contributed by atoms with Crippen molar-refractivity contribution in [3.8, 4) is 0 Å². The molecule has 1 heterocycles. The topological polar surface area (TPSA) is 49.3 Å². The normalized spacial score (nSPS) is 22.1. The van der Waals surface area contributed by atoms with Gasteiger partial charge in [-0.15, -0.1) is 35.3 Å². The molecule has 0 amide bonds. The molecule has 1 fully saturated rings. The standard InChI is InChI=1S/C16H28N4S.HI/c1-11-5-7-14(8-6-11)20-16(17-4)18-10-9-15-12(2)19-13(3)21-15;/h11,14H,5-10H2,1-4H3,(H2,17,18,20);1H. The zero-order valence-electron chi connectivity index (χ0n) is 14.1. The van der Waals surface area contributed by atoms with Crippen molar-refractivity contribution >= 4 is 41.3 Å². The Bertz CT molecular complexity index is 478. The summed E-state index contributed by atoms with van der Waals surface area (Å²) in [5, 5.41) is 8.14. The lowest BCUT2D eigenvalue weighted by atomic mass is 9.87. The van der Waals surface area contributed by atoms with Crippen LogP contribution in [0.25, 0.3) is 0 Å². The van der Waals surface area contributed by atoms with Crippen molar-refractivity contribution in [2.75, 3.05) is 13.6 Å². The minimum Gasteiger partial charge on any atom is -0.356 e. The lowest BCUT2D eigenvalue weighted by molar-refractivity contribution is 0.329. The summed E-state index contributed by atoms with van der Waals surface area (Å²) < 4.78 is 0. The highest BCUT2D eigenvalue weighted by Crippen LogP contribution is 2.23. The largest absolute Gasteiger partial charge is 0.356 e. The SMILES string of the molecule is CN=C(NCCc1sc(C)nc1C)NC1CCC(C)CC1.I. The number of nitrogens with one attached hydrogen (secondary N) is 2. The van der Waals surface area contributed by atoms with E-state index >= 15 is 0 Å². The molecule has 1 aromatic rings. The third-order valence-corrected chi connectivity index (χ3v) is 5.36. The first-order chi connectivity index (χ1) is 10.1. The molecule has 1 aromatic heterocycles. The van der Waals surface area contributed by atoms with Crippen molar-refractivity contribution in [1.82, 2.24) is 15.6 Å². The fourth-order valence-corrected chi connectivity index (χ4v) is 3.83. The van der Waals surface area contributed by atoms with Crippen molar-refractivity contribution < 1.29 is 0 Å². The summed E-state index contributed by atoms with van der Waals surface area (Å²) >= 11 is 1.80. The fourth-order valence-electron chi connectivity index (χ4n) is 2.89. The molecule has 6 heteroatoms. The molecule has 126 valence electrons. The first-order valence-corrected chi connectivity index (χ1v) is 8.80. The van der Waals surface area contributed by atoms with Gasteiger partial charge in [0.2, 0.25) is 0 Å². The second-order valence-corrected chi connectivity index (χ2v) is 7.38. The van der Waals surface area contributed by atoms with E-state index in [1.807, 2.05) is 7.05 Å². The molecule has 0 saturated heterocycles. The highest BCUT2D eigenvalue weighted by atomic mass is 127. The predicted octanol–water partition coefficient (Wildman–Crippen LogP) is 3.66. The predicted molar refractivity (Wildman–Crippen MR) is 107 cm³/mol. The van der Waals surface area contributed by atoms with Gasteiger partial charge in [0.1, 0.15) is 0 Å². The van der Waals surface area contributed by atoms with E-state index in [-0.39, 0.29) is 24.0 Å². The molecule has 2 N–H and O–H groups in total. The maximum atomic E-state index is 4.47. The number of aryl methyl sites for hydroxylation is 2. The third kappa shape index (κ3) is 6.02. The van der Waals surface area contributed by atoms with Crippen LogP contribution in [-0.2, 0) is 6.42 Å². The second kappa shape index (κ2) is 9.70. The molecule has 0 bridgehead atoms. The number of thiazole rings is 1. The van der Waals surface area contributed by atoms with Gasteiger partial charge in [0.05, 0.1) is 10.7 Å². The van der Waals surface area contributed by atoms with E-state index in [1.54, 1.807) is 11.3 Å². The van der Waals surface area contributed by atoms with Gasteiger partial charge in [0.15, 0.2) is 5.96 Å². The van der Waals surface area contributed by atoms with Crippen LogP contribution in [0, 0.1) is 19.8 Å². The van der Waals surface area contributed by atoms with Crippen LogP contribution in [0.4, 0.5) is 0 Å². The van der Waals surface area contributed by atoms with E-state index in [2.05, 4.69) is 41.4 Å². The Hall–Kier alpha value is -0.370. The number of aliphatic imine (C=N–C) groups is 1. The molecule has 1 aliphatic carbocycles. The van der Waals surface area contributed by atoms with Crippen LogP contribution in [-0.4, -0.2) is 30.6 Å². The van der Waals surface area contributed by atoms with E-state index in [4.69, 9.17) is 0 Å². The zero-order valence-corrected chi connectivity index (χ0v) is 17.3. The average Bonchev–Trinajstić information content (AvgIpc) is 2.78. The molecule has 1 saturated carbocycles. The van der Waals surface area contributed by atoms with Crippen LogP contribution in [0.3, 0.4) is 0 Å². The van der Waals surface area contributed by atoms with Gasteiger partial charge in [-0.1, -0.05) is 6.92 Å². The Morgan fingerprint density at radius 1 is 1.27 bits per heavy atom. The zero-order chi connectivity index (χ0) is 15.2. The maximum absolute atomic E-state index is 4.47. The summed E-state index contributed by atoms with van der Waals surface area (Å²) in [7, 11) is 1.85. The van der Waals surface area contributed by atoms with E-state index in [0.717, 1.165) is 29.9 Å². The minimum absolute atomic E-state index is 0. The second-order valence-electron chi connectivity index (χ2n) is 6.09. The Morgan fingerprint density at radius 2 is 1.95 bits per heavy atom. The van der Waals surface area contributed by atoms with Gasteiger partial charge in [-0.3, -0.25) is 4.99 Å². The minimum atomic E-state index is 0. The van der Waals surface area contributed by atoms with Crippen LogP contribution in [0.5, 0.6) is 0 Å². The Balaban J connectivity index is 0.00000242. The molecular formula is C16H29IN4S. The molecule has 0 unspecified atom stereocenters. The van der Waals surface area contributed by atoms with Gasteiger partial charge in [-0.25, -0.2) is 4.98 Å². The van der Waals surface area contributed by atoms with Gasteiger partial charge in [-0.2, -0.15) is 0 Å². The van der Waals surface area contributed by atoms with Crippen molar-refractivity contribution in [3.05, 3.63) is 15.6 Å². The quantitative estimate of drug-likeness (QED) is 0.430. The molecule has 22 heavy (non-hydrogen) atoms. The molecule has 0 spiro atoms. The number of rotatable bonds is 4. The molecule has 0 radical (unpaired) electrons. The van der Waals surface area contributed by atoms with Crippen LogP contribution < -0.4 is 10.6 Å². The lowest BCUT2D eigenvalue weighted by Crippen LogP contribution is -2.45. The molecule has 0 aliphatic heterocycles. The van der Waals surface area contributed by atoms with E-state index in [0.29, 0.717) is 6.04 Å². The van der Waals surface area contributed by atoms with Gasteiger partial charge < -0.3 is 10.6 Å². The first-order valence-electron chi connectivity index (χ1n) is 7.98. The number of halogens is 1. The molecular weight excluding hydrogens is 407 g/mol. The molecule has 0 atom stereocenters. The molecule has 2 rings (SSSR count). The lowest BCUT2D eigenvalue weighted by Gasteiger charge is -2.28. The van der Waals surface area contributed by atoms with Crippen molar-refractivity contribution in [3.63, 3.8) is 0 Å². The number of guanidine groups is 1. The third-order valence-electron chi connectivity index (χ3n) is 4.22. The van der Waals surface area contributed by atoms with Crippen LogP contribution in [0.1, 0.15) is 48.2 Å². The summed E-state index contributed by atoms with van der Waals surface area (Å²) in [6.07, 6.45) is 6.19.